The third-order valence-electron chi connectivity index (χ3n) is 3.84. The van der Waals surface area contributed by atoms with E-state index in [2.05, 4.69) is 20.4 Å². The van der Waals surface area contributed by atoms with Gasteiger partial charge in [-0.25, -0.2) is 9.38 Å². The number of carbonyl (C=O) groups excluding carboxylic acids is 1. The minimum absolute atomic E-state index is 0. The van der Waals surface area contributed by atoms with Crippen molar-refractivity contribution in [2.45, 2.75) is 52.1 Å². The normalized spacial score (nSPS) is 11.9. The number of unbranched alkanes of at least 4 members (excludes halogenated alkanes) is 3. The molecular formula is C20H33FIN3O3. The molecule has 1 aromatic rings. The van der Waals surface area contributed by atoms with Gasteiger partial charge in [0.05, 0.1) is 13.7 Å². The molecule has 0 bridgehead atoms. The Morgan fingerprint density at radius 1 is 1.18 bits per heavy atom. The van der Waals surface area contributed by atoms with Crippen molar-refractivity contribution in [2.75, 3.05) is 26.7 Å². The summed E-state index contributed by atoms with van der Waals surface area (Å²) in [5.41, 5.74) is 0. The van der Waals surface area contributed by atoms with Crippen molar-refractivity contribution in [3.05, 3.63) is 30.1 Å². The van der Waals surface area contributed by atoms with Gasteiger partial charge in [-0.2, -0.15) is 0 Å². The van der Waals surface area contributed by atoms with Gasteiger partial charge in [-0.15, -0.1) is 24.0 Å². The highest BCUT2D eigenvalue weighted by Crippen LogP contribution is 2.16. The van der Waals surface area contributed by atoms with E-state index in [9.17, 15) is 9.18 Å². The summed E-state index contributed by atoms with van der Waals surface area (Å²) >= 11 is 0. The molecule has 0 aliphatic carbocycles. The van der Waals surface area contributed by atoms with Gasteiger partial charge in [0.15, 0.2) is 17.5 Å². The Kier molecular flexibility index (Phi) is 15.5. The Morgan fingerprint density at radius 2 is 1.89 bits per heavy atom. The van der Waals surface area contributed by atoms with E-state index in [1.54, 1.807) is 18.2 Å². The molecule has 1 atom stereocenters. The smallest absolute Gasteiger partial charge is 0.305 e. The van der Waals surface area contributed by atoms with Crippen molar-refractivity contribution in [1.82, 2.24) is 10.6 Å². The molecule has 0 radical (unpaired) electrons. The van der Waals surface area contributed by atoms with Crippen molar-refractivity contribution in [2.24, 2.45) is 4.99 Å². The predicted molar refractivity (Wildman–Crippen MR) is 121 cm³/mol. The second-order valence-corrected chi connectivity index (χ2v) is 6.25. The summed E-state index contributed by atoms with van der Waals surface area (Å²) in [7, 11) is 1.41. The minimum Gasteiger partial charge on any atom is -0.486 e. The Balaban J connectivity index is 0.00000729. The lowest BCUT2D eigenvalue weighted by Gasteiger charge is -2.15. The molecule has 0 heterocycles. The molecule has 0 amide bonds. The maximum atomic E-state index is 13.6. The van der Waals surface area contributed by atoms with Crippen LogP contribution in [0.1, 0.15) is 46.0 Å². The lowest BCUT2D eigenvalue weighted by molar-refractivity contribution is -0.140. The van der Waals surface area contributed by atoms with Crippen molar-refractivity contribution in [3.63, 3.8) is 0 Å². The third-order valence-corrected chi connectivity index (χ3v) is 3.84. The highest BCUT2D eigenvalue weighted by atomic mass is 127. The molecule has 0 saturated carbocycles. The van der Waals surface area contributed by atoms with E-state index in [-0.39, 0.29) is 47.6 Å². The summed E-state index contributed by atoms with van der Waals surface area (Å²) in [6.07, 6.45) is 4.12. The first-order valence-corrected chi connectivity index (χ1v) is 9.57. The average Bonchev–Trinajstić information content (AvgIpc) is 2.66. The zero-order valence-electron chi connectivity index (χ0n) is 17.0. The molecule has 1 unspecified atom stereocenters. The largest absolute Gasteiger partial charge is 0.486 e. The molecular weight excluding hydrogens is 476 g/mol. The highest BCUT2D eigenvalue weighted by molar-refractivity contribution is 14.0. The van der Waals surface area contributed by atoms with Crippen molar-refractivity contribution >= 4 is 35.9 Å². The summed E-state index contributed by atoms with van der Waals surface area (Å²) in [4.78, 5) is 15.5. The maximum absolute atomic E-state index is 13.6. The number of guanidine groups is 1. The summed E-state index contributed by atoms with van der Waals surface area (Å²) in [5.74, 6) is 0.438. The first kappa shape index (κ1) is 26.4. The molecule has 1 rings (SSSR count). The van der Waals surface area contributed by atoms with Crippen molar-refractivity contribution < 1.29 is 18.7 Å². The number of ether oxygens (including phenoxy) is 2. The highest BCUT2D eigenvalue weighted by Gasteiger charge is 2.08. The molecule has 0 aliphatic heterocycles. The van der Waals surface area contributed by atoms with E-state index in [4.69, 9.17) is 4.74 Å². The molecule has 0 spiro atoms. The monoisotopic (exact) mass is 509 g/mol. The number of methoxy groups -OCH3 is 1. The predicted octanol–water partition coefficient (Wildman–Crippen LogP) is 3.89. The fraction of sp³-hybridized carbons (Fsp3) is 0.600. The van der Waals surface area contributed by atoms with Gasteiger partial charge in [-0.3, -0.25) is 4.79 Å². The molecule has 0 saturated heterocycles. The molecule has 28 heavy (non-hydrogen) atoms. The number of hydrogen-bond donors (Lipinski definition) is 2. The van der Waals surface area contributed by atoms with Gasteiger partial charge in [-0.05, 0) is 38.8 Å². The molecule has 6 nitrogen and oxygen atoms in total. The van der Waals surface area contributed by atoms with Crippen LogP contribution in [0.15, 0.2) is 29.3 Å². The molecule has 160 valence electrons. The van der Waals surface area contributed by atoms with Gasteiger partial charge >= 0.3 is 5.97 Å². The summed E-state index contributed by atoms with van der Waals surface area (Å²) in [6.45, 7) is 5.84. The first-order chi connectivity index (χ1) is 13.1. The van der Waals surface area contributed by atoms with Crippen molar-refractivity contribution in [1.29, 1.82) is 0 Å². The Morgan fingerprint density at radius 3 is 2.57 bits per heavy atom. The number of esters is 1. The number of hydrogen-bond acceptors (Lipinski definition) is 4. The van der Waals surface area contributed by atoms with Gasteiger partial charge in [0, 0.05) is 19.5 Å². The maximum Gasteiger partial charge on any atom is 0.305 e. The van der Waals surface area contributed by atoms with Crippen LogP contribution in [0.5, 0.6) is 5.75 Å². The van der Waals surface area contributed by atoms with E-state index in [0.717, 1.165) is 44.7 Å². The molecule has 2 N–H and O–H groups in total. The SMILES string of the molecule is CCNC(=NCC(C)Oc1ccccc1F)NCCCCCCC(=O)OC.I. The topological polar surface area (TPSA) is 72.0 Å². The number of aliphatic imine (C=N–C) groups is 1. The lowest BCUT2D eigenvalue weighted by atomic mass is 10.1. The van der Waals surface area contributed by atoms with Crippen LogP contribution in [-0.2, 0) is 9.53 Å². The zero-order chi connectivity index (χ0) is 19.9. The van der Waals surface area contributed by atoms with E-state index in [0.29, 0.717) is 13.0 Å². The number of carbonyl (C=O) groups is 1. The Hall–Kier alpha value is -1.58. The van der Waals surface area contributed by atoms with Gasteiger partial charge < -0.3 is 20.1 Å². The number of nitrogens with one attached hydrogen (secondary N) is 2. The number of para-hydroxylation sites is 1. The van der Waals surface area contributed by atoms with Gasteiger partial charge in [-0.1, -0.05) is 25.0 Å². The van der Waals surface area contributed by atoms with Gasteiger partial charge in [0.1, 0.15) is 6.10 Å². The minimum atomic E-state index is -0.370. The van der Waals surface area contributed by atoms with Crippen LogP contribution in [0, 0.1) is 5.82 Å². The molecule has 0 aromatic heterocycles. The average molecular weight is 509 g/mol. The Labute approximate surface area is 184 Å². The first-order valence-electron chi connectivity index (χ1n) is 9.57. The molecule has 0 aliphatic rings. The van der Waals surface area contributed by atoms with Crippen LogP contribution in [0.4, 0.5) is 4.39 Å². The van der Waals surface area contributed by atoms with Crippen LogP contribution in [-0.4, -0.2) is 44.8 Å². The van der Waals surface area contributed by atoms with Crippen LogP contribution in [0.3, 0.4) is 0 Å². The molecule has 0 fully saturated rings. The van der Waals surface area contributed by atoms with Gasteiger partial charge in [0.25, 0.3) is 0 Å². The van der Waals surface area contributed by atoms with E-state index in [1.807, 2.05) is 13.8 Å². The van der Waals surface area contributed by atoms with E-state index < -0.39 is 0 Å². The Bertz CT molecular complexity index is 588. The molecule has 8 heteroatoms. The fourth-order valence-electron chi connectivity index (χ4n) is 2.41. The van der Waals surface area contributed by atoms with Crippen LogP contribution < -0.4 is 15.4 Å². The number of benzene rings is 1. The quantitative estimate of drug-likeness (QED) is 0.147. The third kappa shape index (κ3) is 12.0. The van der Waals surface area contributed by atoms with Gasteiger partial charge in [0.2, 0.25) is 0 Å². The number of halogens is 2. The molecule has 1 aromatic carbocycles. The van der Waals surface area contributed by atoms with E-state index in [1.165, 1.54) is 13.2 Å². The van der Waals surface area contributed by atoms with Crippen molar-refractivity contribution in [3.8, 4) is 5.75 Å². The standard InChI is InChI=1S/C20H32FN3O3.HI/c1-4-22-20(23-14-10-6-5-7-13-19(25)26-3)24-15-16(2)27-18-12-9-8-11-17(18)21;/h8-9,11-12,16H,4-7,10,13-15H2,1-3H3,(H2,22,23,24);1H. The second-order valence-electron chi connectivity index (χ2n) is 6.25. The lowest BCUT2D eigenvalue weighted by Crippen LogP contribution is -2.38. The zero-order valence-corrected chi connectivity index (χ0v) is 19.3. The van der Waals surface area contributed by atoms with E-state index >= 15 is 0 Å². The fourth-order valence-corrected chi connectivity index (χ4v) is 2.41. The van der Waals surface area contributed by atoms with Crippen LogP contribution in [0.25, 0.3) is 0 Å². The second kappa shape index (κ2) is 16.4. The van der Waals surface area contributed by atoms with Crippen LogP contribution >= 0.6 is 24.0 Å². The van der Waals surface area contributed by atoms with Crippen LogP contribution in [0.2, 0.25) is 0 Å². The summed E-state index contributed by atoms with van der Waals surface area (Å²) < 4.78 is 23.8. The number of nitrogens with zero attached hydrogens (tertiary/aromatic N) is 1. The summed E-state index contributed by atoms with van der Waals surface area (Å²) in [5, 5.41) is 6.47. The number of rotatable bonds is 12. The summed E-state index contributed by atoms with van der Waals surface area (Å²) in [6, 6.07) is 6.36.